The molecule has 0 spiro atoms. The third kappa shape index (κ3) is 3.30. The average Bonchev–Trinajstić information content (AvgIpc) is 3.24. The third-order valence-corrected chi connectivity index (χ3v) is 5.95. The van der Waals surface area contributed by atoms with E-state index in [0.717, 1.165) is 31.6 Å². The van der Waals surface area contributed by atoms with Crippen molar-refractivity contribution in [2.45, 2.75) is 31.3 Å². The molecule has 7 nitrogen and oxygen atoms in total. The highest BCUT2D eigenvalue weighted by Crippen LogP contribution is 2.33. The molecule has 1 fully saturated rings. The number of hydrazone groups is 1. The van der Waals surface area contributed by atoms with Gasteiger partial charge < -0.3 is 9.64 Å². The van der Waals surface area contributed by atoms with Gasteiger partial charge in [-0.15, -0.1) is 0 Å². The van der Waals surface area contributed by atoms with Crippen LogP contribution in [0.25, 0.3) is 0 Å². The second-order valence-electron chi connectivity index (χ2n) is 7.81. The lowest BCUT2D eigenvalue weighted by atomic mass is 10.0. The molecule has 30 heavy (non-hydrogen) atoms. The number of methoxy groups -OCH3 is 1. The number of allylic oxidation sites excluding steroid dienone is 4. The predicted molar refractivity (Wildman–Crippen MR) is 117 cm³/mol. The summed E-state index contributed by atoms with van der Waals surface area (Å²) in [5.41, 5.74) is 2.64. The van der Waals surface area contributed by atoms with Gasteiger partial charge in [-0.25, -0.2) is 0 Å². The van der Waals surface area contributed by atoms with Gasteiger partial charge in [-0.3, -0.25) is 14.5 Å². The molecule has 5 rings (SSSR count). The molecule has 1 atom stereocenters. The summed E-state index contributed by atoms with van der Waals surface area (Å²) in [5.74, 6) is 0.332. The number of aromatic nitrogens is 2. The van der Waals surface area contributed by atoms with E-state index in [9.17, 15) is 4.79 Å². The molecular formula is C23H25N5O2. The van der Waals surface area contributed by atoms with Gasteiger partial charge in [-0.05, 0) is 31.1 Å². The molecule has 154 valence electrons. The van der Waals surface area contributed by atoms with E-state index in [1.165, 1.54) is 12.8 Å². The molecule has 0 radical (unpaired) electrons. The van der Waals surface area contributed by atoms with Crippen LogP contribution in [0.1, 0.15) is 37.0 Å². The van der Waals surface area contributed by atoms with Crippen LogP contribution in [0.5, 0.6) is 5.75 Å². The van der Waals surface area contributed by atoms with Crippen molar-refractivity contribution in [1.29, 1.82) is 0 Å². The number of hydrogen-bond donors (Lipinski definition) is 0. The number of nitrogens with zero attached hydrogens (tertiary/aromatic N) is 5. The van der Waals surface area contributed by atoms with Crippen LogP contribution < -0.4 is 15.2 Å². The highest BCUT2D eigenvalue weighted by molar-refractivity contribution is 5.67. The number of para-hydroxylation sites is 1. The summed E-state index contributed by atoms with van der Waals surface area (Å²) >= 11 is 0. The van der Waals surface area contributed by atoms with Gasteiger partial charge in [-0.2, -0.15) is 10.2 Å². The number of benzene rings is 1. The molecule has 0 N–H and O–H groups in total. The Bertz CT molecular complexity index is 1070. The summed E-state index contributed by atoms with van der Waals surface area (Å²) in [6, 6.07) is 9.87. The van der Waals surface area contributed by atoms with Gasteiger partial charge in [0.25, 0.3) is 0 Å². The van der Waals surface area contributed by atoms with E-state index in [1.54, 1.807) is 6.20 Å². The van der Waals surface area contributed by atoms with E-state index in [4.69, 9.17) is 9.84 Å². The Hall–Kier alpha value is -3.35. The van der Waals surface area contributed by atoms with Crippen molar-refractivity contribution in [3.63, 3.8) is 0 Å². The zero-order valence-electron chi connectivity index (χ0n) is 17.0. The SMILES string of the molecule is COc1cn(C2CN(C3=CC=CCC3)C2)nc(C2CC=NN2c2ccccc2)c1=O. The van der Waals surface area contributed by atoms with Gasteiger partial charge in [0.2, 0.25) is 5.43 Å². The van der Waals surface area contributed by atoms with Gasteiger partial charge in [0.15, 0.2) is 5.75 Å². The molecule has 1 aromatic carbocycles. The van der Waals surface area contributed by atoms with Gasteiger partial charge in [0.05, 0.1) is 25.0 Å². The van der Waals surface area contributed by atoms with Crippen LogP contribution in [-0.2, 0) is 0 Å². The third-order valence-electron chi connectivity index (χ3n) is 5.95. The van der Waals surface area contributed by atoms with Gasteiger partial charge in [0, 0.05) is 31.4 Å². The minimum absolute atomic E-state index is 0.165. The lowest BCUT2D eigenvalue weighted by molar-refractivity contribution is 0.130. The fourth-order valence-electron chi connectivity index (χ4n) is 4.23. The largest absolute Gasteiger partial charge is 0.491 e. The number of hydrogen-bond acceptors (Lipinski definition) is 6. The average molecular weight is 403 g/mol. The highest BCUT2D eigenvalue weighted by Gasteiger charge is 2.33. The topological polar surface area (TPSA) is 63.0 Å². The maximum Gasteiger partial charge on any atom is 0.247 e. The van der Waals surface area contributed by atoms with Crippen LogP contribution in [0.2, 0.25) is 0 Å². The smallest absolute Gasteiger partial charge is 0.247 e. The Kier molecular flexibility index (Phi) is 4.86. The monoisotopic (exact) mass is 403 g/mol. The highest BCUT2D eigenvalue weighted by atomic mass is 16.5. The minimum atomic E-state index is -0.233. The van der Waals surface area contributed by atoms with Crippen molar-refractivity contribution < 1.29 is 4.74 Å². The molecule has 0 bridgehead atoms. The van der Waals surface area contributed by atoms with Crippen LogP contribution >= 0.6 is 0 Å². The molecule has 7 heteroatoms. The summed E-state index contributed by atoms with van der Waals surface area (Å²) in [7, 11) is 1.54. The Morgan fingerprint density at radius 3 is 2.73 bits per heavy atom. The minimum Gasteiger partial charge on any atom is -0.491 e. The predicted octanol–water partition coefficient (Wildman–Crippen LogP) is 3.28. The van der Waals surface area contributed by atoms with Crippen molar-refractivity contribution >= 4 is 11.9 Å². The zero-order chi connectivity index (χ0) is 20.5. The summed E-state index contributed by atoms with van der Waals surface area (Å²) in [6.45, 7) is 1.78. The zero-order valence-corrected chi connectivity index (χ0v) is 17.0. The van der Waals surface area contributed by atoms with Crippen LogP contribution in [0.15, 0.2) is 70.3 Å². The van der Waals surface area contributed by atoms with Gasteiger partial charge >= 0.3 is 0 Å². The summed E-state index contributed by atoms with van der Waals surface area (Å²) in [6.07, 6.45) is 12.9. The molecule has 3 heterocycles. The Balaban J connectivity index is 1.43. The second-order valence-corrected chi connectivity index (χ2v) is 7.81. The lowest BCUT2D eigenvalue weighted by Gasteiger charge is -2.43. The molecule has 1 saturated heterocycles. The van der Waals surface area contributed by atoms with E-state index in [2.05, 4.69) is 28.2 Å². The van der Waals surface area contributed by atoms with Crippen molar-refractivity contribution in [1.82, 2.24) is 14.7 Å². The van der Waals surface area contributed by atoms with E-state index in [1.807, 2.05) is 46.2 Å². The van der Waals surface area contributed by atoms with Crippen LogP contribution in [0, 0.1) is 0 Å². The van der Waals surface area contributed by atoms with E-state index < -0.39 is 0 Å². The first-order valence-electron chi connectivity index (χ1n) is 10.4. The Morgan fingerprint density at radius 1 is 1.17 bits per heavy atom. The van der Waals surface area contributed by atoms with Crippen LogP contribution in [-0.4, -0.2) is 41.1 Å². The van der Waals surface area contributed by atoms with Crippen LogP contribution in [0.3, 0.4) is 0 Å². The number of ether oxygens (including phenoxy) is 1. The quantitative estimate of drug-likeness (QED) is 0.767. The van der Waals surface area contributed by atoms with Gasteiger partial charge in [0.1, 0.15) is 11.7 Å². The lowest BCUT2D eigenvalue weighted by Crippen LogP contribution is -2.48. The van der Waals surface area contributed by atoms with E-state index in [-0.39, 0.29) is 17.5 Å². The van der Waals surface area contributed by atoms with E-state index >= 15 is 0 Å². The van der Waals surface area contributed by atoms with Crippen LogP contribution in [0.4, 0.5) is 5.69 Å². The Morgan fingerprint density at radius 2 is 2.00 bits per heavy atom. The molecular weight excluding hydrogens is 378 g/mol. The molecule has 0 saturated carbocycles. The molecule has 1 aromatic heterocycles. The van der Waals surface area contributed by atoms with Gasteiger partial charge in [-0.1, -0.05) is 30.4 Å². The number of anilines is 1. The molecule has 1 unspecified atom stereocenters. The second kappa shape index (κ2) is 7.82. The first-order valence-corrected chi connectivity index (χ1v) is 10.4. The number of likely N-dealkylation sites (tertiary alicyclic amines) is 1. The maximum atomic E-state index is 13.0. The summed E-state index contributed by atoms with van der Waals surface area (Å²) in [5, 5.41) is 11.2. The molecule has 0 amide bonds. The molecule has 2 aromatic rings. The summed E-state index contributed by atoms with van der Waals surface area (Å²) in [4.78, 5) is 15.4. The summed E-state index contributed by atoms with van der Waals surface area (Å²) < 4.78 is 7.33. The van der Waals surface area contributed by atoms with Crippen molar-refractivity contribution in [3.05, 3.63) is 76.4 Å². The Labute approximate surface area is 175 Å². The van der Waals surface area contributed by atoms with E-state index in [0.29, 0.717) is 17.9 Å². The van der Waals surface area contributed by atoms with Crippen molar-refractivity contribution in [3.8, 4) is 5.75 Å². The standard InChI is InChI=1S/C23H25N5O2/c1-30-21-16-27(19-14-26(15-19)17-8-4-2-5-9-17)25-22(23(21)29)20-12-13-24-28(20)18-10-6-3-7-11-18/h2-4,6-8,10-11,13,16,19-20H,5,9,12,14-15H2,1H3. The molecule has 1 aliphatic carbocycles. The number of rotatable bonds is 5. The molecule has 3 aliphatic rings. The first-order chi connectivity index (χ1) is 14.7. The fraction of sp³-hybridized carbons (Fsp3) is 0.348. The normalized spacial score (nSPS) is 21.0. The maximum absolute atomic E-state index is 13.0. The van der Waals surface area contributed by atoms with Crippen molar-refractivity contribution in [2.24, 2.45) is 5.10 Å². The first kappa shape index (κ1) is 18.7. The fourth-order valence-corrected chi connectivity index (χ4v) is 4.23. The molecule has 2 aliphatic heterocycles. The van der Waals surface area contributed by atoms with Crippen molar-refractivity contribution in [2.75, 3.05) is 25.2 Å².